The summed E-state index contributed by atoms with van der Waals surface area (Å²) < 4.78 is 13.9. The summed E-state index contributed by atoms with van der Waals surface area (Å²) in [5.74, 6) is -1.03. The van der Waals surface area contributed by atoms with E-state index in [1.165, 1.54) is 134 Å². The minimum absolute atomic E-state index is 0.0957. The minimum atomic E-state index is -1.42. The Kier molecular flexibility index (Phi) is 11.8. The minimum Gasteiger partial charge on any atom is -0.468 e. The van der Waals surface area contributed by atoms with Crippen molar-refractivity contribution in [1.29, 1.82) is 0 Å². The summed E-state index contributed by atoms with van der Waals surface area (Å²) in [7, 11) is 2.16. The summed E-state index contributed by atoms with van der Waals surface area (Å²) in [6, 6.07) is 35.9. The molecule has 6 nitrogen and oxygen atoms in total. The SMILES string of the molecule is COC(=O)C1(C(=O)OC)Cc2c(C)c(CCc3ccccc3)c(B3N(Cc4ccccc4)c4cccc5cccc(c45)N3P(C3CCCCC3)C3CCCCC3)c(C)c2C1. The first-order valence-electron chi connectivity index (χ1n) is 22.6. The highest BCUT2D eigenvalue weighted by atomic mass is 31.1. The number of benzene rings is 5. The Labute approximate surface area is 359 Å². The van der Waals surface area contributed by atoms with Gasteiger partial charge in [-0.2, -0.15) is 0 Å². The molecule has 5 aromatic carbocycles. The van der Waals surface area contributed by atoms with Crippen LogP contribution in [0.25, 0.3) is 10.8 Å². The lowest BCUT2D eigenvalue weighted by molar-refractivity contribution is -0.168. The predicted molar refractivity (Wildman–Crippen MR) is 249 cm³/mol. The second-order valence-electron chi connectivity index (χ2n) is 18.0. The zero-order chi connectivity index (χ0) is 41.4. The van der Waals surface area contributed by atoms with Crippen molar-refractivity contribution in [3.63, 3.8) is 0 Å². The Morgan fingerprint density at radius 3 is 1.75 bits per heavy atom. The van der Waals surface area contributed by atoms with Crippen LogP contribution < -0.4 is 14.9 Å². The molecule has 0 N–H and O–H groups in total. The van der Waals surface area contributed by atoms with E-state index in [0.29, 0.717) is 11.3 Å². The molecule has 2 saturated carbocycles. The Hall–Kier alpha value is -4.61. The molecule has 0 unspecified atom stereocenters. The summed E-state index contributed by atoms with van der Waals surface area (Å²) in [6.45, 7) is 5.23. The number of nitrogens with zero attached hydrogens (tertiary/aromatic N) is 2. The van der Waals surface area contributed by atoms with Crippen molar-refractivity contribution < 1.29 is 19.1 Å². The Morgan fingerprint density at radius 2 is 1.18 bits per heavy atom. The molecule has 9 rings (SSSR count). The Morgan fingerprint density at radius 1 is 0.650 bits per heavy atom. The third-order valence-electron chi connectivity index (χ3n) is 14.6. The van der Waals surface area contributed by atoms with Gasteiger partial charge in [0.1, 0.15) is 0 Å². The fraction of sp³-hybridized carbons (Fsp3) is 0.423. The summed E-state index contributed by atoms with van der Waals surface area (Å²) in [5.41, 5.74) is 12.5. The van der Waals surface area contributed by atoms with Crippen LogP contribution in [0.3, 0.4) is 0 Å². The summed E-state index contributed by atoms with van der Waals surface area (Å²) >= 11 is 0. The molecule has 0 aromatic heterocycles. The van der Waals surface area contributed by atoms with Crippen LogP contribution in [0.5, 0.6) is 0 Å². The highest BCUT2D eigenvalue weighted by molar-refractivity contribution is 7.63. The third kappa shape index (κ3) is 7.23. The summed E-state index contributed by atoms with van der Waals surface area (Å²) in [4.78, 5) is 30.5. The van der Waals surface area contributed by atoms with Gasteiger partial charge >= 0.3 is 18.9 Å². The number of fused-ring (bicyclic) bond motifs is 1. The first kappa shape index (κ1) is 40.8. The molecule has 2 fully saturated rings. The second-order valence-corrected chi connectivity index (χ2v) is 20.6. The molecule has 60 heavy (non-hydrogen) atoms. The van der Waals surface area contributed by atoms with Gasteiger partial charge in [-0.1, -0.05) is 123 Å². The van der Waals surface area contributed by atoms with E-state index in [9.17, 15) is 9.59 Å². The van der Waals surface area contributed by atoms with Gasteiger partial charge in [-0.05, 0) is 134 Å². The first-order chi connectivity index (χ1) is 29.3. The van der Waals surface area contributed by atoms with Gasteiger partial charge in [0.15, 0.2) is 5.41 Å². The van der Waals surface area contributed by atoms with E-state index in [-0.39, 0.29) is 19.8 Å². The van der Waals surface area contributed by atoms with Crippen LogP contribution in [0.2, 0.25) is 0 Å². The number of esters is 2. The van der Waals surface area contributed by atoms with E-state index in [0.717, 1.165) is 30.5 Å². The standard InChI is InChI=1S/C52H60BN2O4P/c1-36-43(32-31-38-19-9-5-10-20-38)49(37(2)45-34-52(33-44(36)45,50(56)58-3)51(57)59-4)53-54(35-39-21-11-6-12-22-39)46-29-17-23-40-24-18-30-47(48(40)46)55(53)60(41-25-13-7-14-26-41)42-27-15-8-16-28-42/h5-6,9-12,17-24,29-30,41-42H,7-8,13-16,25-28,31-35H2,1-4H3. The Balaban J connectivity index is 1.34. The normalized spacial score (nSPS) is 17.9. The van der Waals surface area contributed by atoms with E-state index in [1.807, 2.05) is 0 Å². The van der Waals surface area contributed by atoms with Gasteiger partial charge in [0.25, 0.3) is 0 Å². The van der Waals surface area contributed by atoms with E-state index >= 15 is 0 Å². The van der Waals surface area contributed by atoms with Crippen molar-refractivity contribution >= 4 is 54.6 Å². The van der Waals surface area contributed by atoms with E-state index in [4.69, 9.17) is 9.47 Å². The van der Waals surface area contributed by atoms with Crippen LogP contribution in [0.1, 0.15) is 103 Å². The number of hydrogen-bond acceptors (Lipinski definition) is 6. The maximum atomic E-state index is 13.9. The third-order valence-corrected chi connectivity index (χ3v) is 18.1. The monoisotopic (exact) mass is 818 g/mol. The lowest BCUT2D eigenvalue weighted by Gasteiger charge is -2.54. The average molecular weight is 819 g/mol. The van der Waals surface area contributed by atoms with Gasteiger partial charge in [-0.3, -0.25) is 9.59 Å². The number of rotatable bonds is 11. The van der Waals surface area contributed by atoms with E-state index in [2.05, 4.69) is 120 Å². The highest BCUT2D eigenvalue weighted by Gasteiger charge is 2.55. The van der Waals surface area contributed by atoms with Gasteiger partial charge in [0.05, 0.1) is 14.2 Å². The Bertz CT molecular complexity index is 2320. The van der Waals surface area contributed by atoms with Gasteiger partial charge in [0.2, 0.25) is 0 Å². The fourth-order valence-corrected chi connectivity index (χ4v) is 15.7. The number of carbonyl (C=O) groups excluding carboxylic acids is 2. The molecule has 5 aromatic rings. The summed E-state index contributed by atoms with van der Waals surface area (Å²) in [5, 5.41) is 2.66. The molecule has 0 atom stereocenters. The van der Waals surface area contributed by atoms with Crippen molar-refractivity contribution in [1.82, 2.24) is 0 Å². The lowest BCUT2D eigenvalue weighted by atomic mass is 9.58. The van der Waals surface area contributed by atoms with Crippen molar-refractivity contribution in [3.05, 3.63) is 136 Å². The molecule has 310 valence electrons. The molecule has 4 aliphatic rings. The average Bonchev–Trinajstić information content (AvgIpc) is 3.73. The van der Waals surface area contributed by atoms with Crippen LogP contribution in [-0.2, 0) is 51.3 Å². The second kappa shape index (κ2) is 17.4. The zero-order valence-corrected chi connectivity index (χ0v) is 36.9. The number of ether oxygens (including phenoxy) is 2. The van der Waals surface area contributed by atoms with Crippen LogP contribution in [-0.4, -0.2) is 44.5 Å². The number of aryl methyl sites for hydroxylation is 1. The van der Waals surface area contributed by atoms with Crippen molar-refractivity contribution in [2.24, 2.45) is 5.41 Å². The molecule has 0 spiro atoms. The highest BCUT2D eigenvalue weighted by Crippen LogP contribution is 2.62. The van der Waals surface area contributed by atoms with Crippen LogP contribution >= 0.6 is 8.07 Å². The van der Waals surface area contributed by atoms with Gasteiger partial charge < -0.3 is 18.9 Å². The van der Waals surface area contributed by atoms with Crippen LogP contribution in [0.15, 0.2) is 97.1 Å². The molecular weight excluding hydrogens is 758 g/mol. The van der Waals surface area contributed by atoms with Gasteiger partial charge in [0, 0.05) is 36.1 Å². The maximum Gasteiger partial charge on any atom is 0.415 e. The molecule has 0 amide bonds. The molecule has 8 heteroatoms. The van der Waals surface area contributed by atoms with Crippen LogP contribution in [0.4, 0.5) is 11.4 Å². The number of anilines is 2. The first-order valence-corrected chi connectivity index (χ1v) is 24.0. The zero-order valence-electron chi connectivity index (χ0n) is 36.1. The van der Waals surface area contributed by atoms with E-state index < -0.39 is 25.4 Å². The topological polar surface area (TPSA) is 59.1 Å². The molecular formula is C52H60BN2O4P. The van der Waals surface area contributed by atoms with Gasteiger partial charge in [-0.15, -0.1) is 0 Å². The smallest absolute Gasteiger partial charge is 0.415 e. The van der Waals surface area contributed by atoms with Gasteiger partial charge in [-0.25, -0.2) is 0 Å². The predicted octanol–water partition coefficient (Wildman–Crippen LogP) is 11.0. The molecule has 0 bridgehead atoms. The molecule has 3 aliphatic carbocycles. The van der Waals surface area contributed by atoms with E-state index in [1.54, 1.807) is 0 Å². The number of carbonyl (C=O) groups is 2. The number of methoxy groups -OCH3 is 2. The molecule has 1 aliphatic heterocycles. The van der Waals surface area contributed by atoms with Crippen LogP contribution in [0, 0.1) is 19.3 Å². The number of hydrogen-bond donors (Lipinski definition) is 0. The summed E-state index contributed by atoms with van der Waals surface area (Å²) in [6.07, 6.45) is 15.4. The molecule has 1 heterocycles. The van der Waals surface area contributed by atoms with Crippen molar-refractivity contribution in [2.45, 2.75) is 122 Å². The molecule has 0 saturated heterocycles. The quantitative estimate of drug-likeness (QED) is 0.0573. The van der Waals surface area contributed by atoms with Crippen molar-refractivity contribution in [3.8, 4) is 0 Å². The maximum absolute atomic E-state index is 13.9. The van der Waals surface area contributed by atoms with Crippen molar-refractivity contribution in [2.75, 3.05) is 23.6 Å². The lowest BCUT2D eigenvalue weighted by Crippen LogP contribution is -2.63. The largest absolute Gasteiger partial charge is 0.468 e. The molecule has 0 radical (unpaired) electrons. The fourth-order valence-electron chi connectivity index (χ4n) is 11.7.